The van der Waals surface area contributed by atoms with Crippen LogP contribution in [0.4, 0.5) is 38.9 Å². The minimum Gasteiger partial charge on any atom is -0.495 e. The van der Waals surface area contributed by atoms with Crippen LogP contribution in [0.3, 0.4) is 0 Å². The van der Waals surface area contributed by atoms with Crippen LogP contribution in [0.15, 0.2) is 263 Å². The third-order valence-corrected chi connectivity index (χ3v) is 24.0. The van der Waals surface area contributed by atoms with Gasteiger partial charge in [0.05, 0.1) is 175 Å². The van der Waals surface area contributed by atoms with E-state index in [1.807, 2.05) is 56.3 Å². The maximum atomic E-state index is 13.3. The number of carbonyl (C=O) groups excluding carboxylic acids is 7. The number of fused-ring (bicyclic) bond motifs is 5. The molecule has 5 heterocycles. The number of ketones is 1. The Morgan fingerprint density at radius 1 is 0.318 bits per heavy atom. The predicted molar refractivity (Wildman–Crippen MR) is 567 cm³/mol. The lowest BCUT2D eigenvalue weighted by atomic mass is 10.1. The highest BCUT2D eigenvalue weighted by molar-refractivity contribution is 6.34. The minimum absolute atomic E-state index is 0.0206. The van der Waals surface area contributed by atoms with Gasteiger partial charge < -0.3 is 79.1 Å². The van der Waals surface area contributed by atoms with Crippen LogP contribution < -0.4 is 119 Å². The Labute approximate surface area is 863 Å². The summed E-state index contributed by atoms with van der Waals surface area (Å²) in [6.07, 6.45) is 1.22. The molecule has 148 heavy (non-hydrogen) atoms. The van der Waals surface area contributed by atoms with Gasteiger partial charge in [0.1, 0.15) is 90.3 Å². The molecule has 6 N–H and O–H groups in total. The fraction of sp³-hybridized carbons (Fsp3) is 0.229. The number of nitrogens with one attached hydrogen (secondary N) is 6. The summed E-state index contributed by atoms with van der Waals surface area (Å²) in [7, 11) is 13.2. The van der Waals surface area contributed by atoms with Crippen LogP contribution in [0.25, 0.3) is 43.6 Å². The summed E-state index contributed by atoms with van der Waals surface area (Å²) in [6, 6.07) is 62.0. The van der Waals surface area contributed by atoms with E-state index in [1.165, 1.54) is 119 Å². The fourth-order valence-electron chi connectivity index (χ4n) is 15.9. The molecule has 11 aromatic carbocycles. The number of aromatic amines is 1. The Morgan fingerprint density at radius 2 is 0.635 bits per heavy atom. The molecule has 16 rings (SSSR count). The third kappa shape index (κ3) is 25.9. The molecule has 770 valence electrons. The van der Waals surface area contributed by atoms with E-state index in [0.717, 1.165) is 29.4 Å². The minimum atomic E-state index is -0.631. The number of H-pyrrole nitrogens is 1. The largest absolute Gasteiger partial charge is 0.495 e. The van der Waals surface area contributed by atoms with E-state index in [9.17, 15) is 71.9 Å². The van der Waals surface area contributed by atoms with Crippen molar-refractivity contribution < 1.29 is 76.2 Å². The van der Waals surface area contributed by atoms with Crippen molar-refractivity contribution in [1.82, 2.24) is 41.9 Å². The Morgan fingerprint density at radius 3 is 1.03 bits per heavy atom. The summed E-state index contributed by atoms with van der Waals surface area (Å²) in [5.41, 5.74) is 1.80. The number of halogens is 4. The van der Waals surface area contributed by atoms with Crippen LogP contribution in [0.1, 0.15) is 44.7 Å². The number of carbonyl (C=O) groups is 7. The van der Waals surface area contributed by atoms with Crippen molar-refractivity contribution in [3.05, 3.63) is 339 Å². The summed E-state index contributed by atoms with van der Waals surface area (Å²) in [6.45, 7) is 4.58. The van der Waals surface area contributed by atoms with Crippen molar-refractivity contribution in [2.45, 2.75) is 86.0 Å². The maximum absolute atomic E-state index is 13.3. The molecule has 0 spiro atoms. The number of para-hydroxylation sites is 7. The van der Waals surface area contributed by atoms with E-state index >= 15 is 0 Å². The molecule has 4 aromatic heterocycles. The number of aromatic nitrogens is 8. The summed E-state index contributed by atoms with van der Waals surface area (Å²) >= 11 is 24.7. The molecule has 0 radical (unpaired) electrons. The molecule has 0 bridgehead atoms. The number of urea groups is 1. The zero-order valence-electron chi connectivity index (χ0n) is 82.2. The standard InChI is InChI=1S/C25H22ClN3O5.3C21H22ClN3O5.C17H15N3O4/c1-33-21-13-22(34-2)19(12-18(21)26)27-23(30)15-28-20-11-7-6-10-17(20)24(31)29(25(28)32)14-16-8-4-3-5-9-16;1-13(26)10-24-11-14-6-4-5-7-17(14)25(21(24)28)12-20(27)23-16-8-15(22)18(29-2)9-19(16)30-3;2*1-4-9-24-20(27)13-7-5-6-8-16(13)25(21(24)28)12-19(26)23-15-10-14(22)17(29-2)11-18(15)30-3;1-24-14-9-5-4-8-13(14)18-15(21)10-20-16(22)11-6-2-3-7-12(11)19-17(20)23/h3-13H,14-15H2,1-2H3,(H,27,30);4-9H,10-12H2,1-3H3,(H,23,27);2*5-8,10-11H,4,9,12H2,1-3H3,(H,23,26);2-9H,10H2,1H3,(H,18,21)(H,19,23). The first-order valence-electron chi connectivity index (χ1n) is 45.5. The first-order valence-corrected chi connectivity index (χ1v) is 47.0. The van der Waals surface area contributed by atoms with Crippen molar-refractivity contribution in [2.75, 3.05) is 109 Å². The Kier molecular flexibility index (Phi) is 37.7. The van der Waals surface area contributed by atoms with Gasteiger partial charge in [-0.05, 0) is 122 Å². The second-order valence-electron chi connectivity index (χ2n) is 32.6. The van der Waals surface area contributed by atoms with Gasteiger partial charge in [-0.2, -0.15) is 0 Å². The second kappa shape index (κ2) is 50.9. The lowest BCUT2D eigenvalue weighted by Crippen LogP contribution is -2.51. The van der Waals surface area contributed by atoms with Crippen LogP contribution in [0.5, 0.6) is 51.7 Å². The van der Waals surface area contributed by atoms with Crippen LogP contribution in [-0.4, -0.2) is 160 Å². The van der Waals surface area contributed by atoms with Gasteiger partial charge in [-0.25, -0.2) is 24.0 Å². The Bertz CT molecular complexity index is 7890. The van der Waals surface area contributed by atoms with Gasteiger partial charge in [0.15, 0.2) is 0 Å². The zero-order chi connectivity index (χ0) is 107. The van der Waals surface area contributed by atoms with Gasteiger partial charge in [0, 0.05) is 43.9 Å². The highest BCUT2D eigenvalue weighted by atomic mass is 35.5. The van der Waals surface area contributed by atoms with Gasteiger partial charge in [-0.1, -0.05) is 169 Å². The number of anilines is 6. The Balaban J connectivity index is 0.000000165. The lowest BCUT2D eigenvalue weighted by Gasteiger charge is -2.36. The van der Waals surface area contributed by atoms with Crippen molar-refractivity contribution in [3.63, 3.8) is 0 Å². The average molecular weight is 2100 g/mol. The van der Waals surface area contributed by atoms with Crippen LogP contribution in [0.2, 0.25) is 20.1 Å². The molecule has 0 aliphatic carbocycles. The Hall–Kier alpha value is -17.2. The van der Waals surface area contributed by atoms with Crippen molar-refractivity contribution in [2.24, 2.45) is 0 Å². The molecular formula is C105H103Cl4N15O24. The van der Waals surface area contributed by atoms with Gasteiger partial charge in [0.2, 0.25) is 29.5 Å². The van der Waals surface area contributed by atoms with E-state index < -0.39 is 76.0 Å². The topological polar surface area (TPSA) is 456 Å². The van der Waals surface area contributed by atoms with Gasteiger partial charge in [0.25, 0.3) is 22.2 Å². The molecule has 1 aliphatic rings. The molecular weight excluding hydrogens is 2000 g/mol. The molecule has 0 fully saturated rings. The smallest absolute Gasteiger partial charge is 0.332 e. The zero-order valence-corrected chi connectivity index (χ0v) is 85.2. The van der Waals surface area contributed by atoms with Crippen molar-refractivity contribution in [1.29, 1.82) is 0 Å². The number of hydrogen-bond donors (Lipinski definition) is 6. The molecule has 0 saturated heterocycles. The van der Waals surface area contributed by atoms with E-state index in [-0.39, 0.29) is 74.3 Å². The molecule has 0 saturated carbocycles. The summed E-state index contributed by atoms with van der Waals surface area (Å²) in [5, 5.41) is 16.1. The summed E-state index contributed by atoms with van der Waals surface area (Å²) in [4.78, 5) is 195. The van der Waals surface area contributed by atoms with Gasteiger partial charge in [-0.3, -0.25) is 84.8 Å². The first-order chi connectivity index (χ1) is 71.2. The monoisotopic (exact) mass is 2100 g/mol. The molecule has 15 aromatic rings. The number of benzene rings is 11. The van der Waals surface area contributed by atoms with Crippen LogP contribution >= 0.6 is 46.4 Å². The SMILES string of the molecule is CCCn1c(=O)c2ccccc2n(CC(=O)Nc2cc(Cl)c(OC)cc2OC)c1=O.CCCn1c(=O)c2ccccc2n(CC(=O)Nc2cc(Cl)c(OC)cc2OC)c1=O.COc1cc(OC)c(NC(=O)CN2C(=O)N(CC(C)=O)Cc3ccccc32)cc1Cl.COc1cc(OC)c(NC(=O)Cn2c(=O)n(Cc3ccccc3)c(=O)c3ccccc32)cc1Cl.COc1ccccc1NC(=O)Cn1c(=O)[nH]c2ccccc2c1=O. The number of nitrogens with zero attached hydrogens (tertiary/aromatic N) is 9. The number of Topliss-reactive ketones (excluding diaryl/α,β-unsaturated/α-hetero) is 1. The number of methoxy groups -OCH3 is 9. The number of rotatable bonds is 32. The number of hydrogen-bond acceptors (Lipinski definition) is 24. The van der Waals surface area contributed by atoms with Crippen LogP contribution in [0, 0.1) is 0 Å². The maximum Gasteiger partial charge on any atom is 0.332 e. The highest BCUT2D eigenvalue weighted by Gasteiger charge is 2.33. The normalized spacial score (nSPS) is 11.2. The van der Waals surface area contributed by atoms with E-state index in [4.69, 9.17) is 89.0 Å². The lowest BCUT2D eigenvalue weighted by molar-refractivity contribution is -0.118. The van der Waals surface area contributed by atoms with E-state index in [2.05, 4.69) is 31.6 Å². The molecule has 39 nitrogen and oxygen atoms in total. The predicted octanol–water partition coefficient (Wildman–Crippen LogP) is 13.9. The molecule has 43 heteroatoms. The number of amides is 7. The number of ether oxygens (including phenoxy) is 9. The average Bonchev–Trinajstić information content (AvgIpc) is 0.769. The highest BCUT2D eigenvalue weighted by Crippen LogP contribution is 2.41. The quantitative estimate of drug-likeness (QED) is 0.0228. The van der Waals surface area contributed by atoms with Crippen LogP contribution in [-0.2, 0) is 81.1 Å². The summed E-state index contributed by atoms with van der Waals surface area (Å²) in [5.74, 6) is 1.03. The van der Waals surface area contributed by atoms with E-state index in [0.29, 0.717) is 164 Å². The second-order valence-corrected chi connectivity index (χ2v) is 34.2. The summed E-state index contributed by atoms with van der Waals surface area (Å²) < 4.78 is 55.2. The van der Waals surface area contributed by atoms with Crippen molar-refractivity contribution in [3.8, 4) is 51.7 Å². The fourth-order valence-corrected chi connectivity index (χ4v) is 16.9. The third-order valence-electron chi connectivity index (χ3n) is 22.8. The molecule has 0 unspecified atom stereocenters. The van der Waals surface area contributed by atoms with Gasteiger partial charge in [-0.15, -0.1) is 0 Å². The molecule has 0 atom stereocenters. The molecule has 1 aliphatic heterocycles. The van der Waals surface area contributed by atoms with Crippen molar-refractivity contribution >= 4 is 165 Å². The van der Waals surface area contributed by atoms with E-state index in [1.54, 1.807) is 158 Å². The first kappa shape index (κ1) is 110. The molecule has 7 amide bonds. The van der Waals surface area contributed by atoms with Gasteiger partial charge >= 0.3 is 28.8 Å².